The van der Waals surface area contributed by atoms with Gasteiger partial charge in [0.05, 0.1) is 11.5 Å². The van der Waals surface area contributed by atoms with Gasteiger partial charge in [-0.2, -0.15) is 0 Å². The smallest absolute Gasteiger partial charge is 0.240 e. The summed E-state index contributed by atoms with van der Waals surface area (Å²) in [4.78, 5) is 4.44. The molecule has 0 bridgehead atoms. The van der Waals surface area contributed by atoms with Crippen molar-refractivity contribution in [2.75, 3.05) is 33.9 Å². The first-order valence-electron chi connectivity index (χ1n) is 8.91. The molecule has 148 valence electrons. The van der Waals surface area contributed by atoms with Gasteiger partial charge in [0.25, 0.3) is 0 Å². The van der Waals surface area contributed by atoms with Crippen LogP contribution in [0.5, 0.6) is 0 Å². The summed E-state index contributed by atoms with van der Waals surface area (Å²) in [6.45, 7) is 6.46. The molecule has 0 heterocycles. The molecule has 0 aliphatic rings. The van der Waals surface area contributed by atoms with Crippen LogP contribution in [0.15, 0.2) is 34.2 Å². The van der Waals surface area contributed by atoms with Crippen molar-refractivity contribution in [1.29, 1.82) is 0 Å². The predicted octanol–water partition coefficient (Wildman–Crippen LogP) is 1.71. The zero-order chi connectivity index (χ0) is 19.4. The molecule has 1 aromatic carbocycles. The van der Waals surface area contributed by atoms with Crippen molar-refractivity contribution < 1.29 is 13.2 Å². The Morgan fingerprint density at radius 1 is 1.15 bits per heavy atom. The lowest BCUT2D eigenvalue weighted by atomic mass is 10.1. The third-order valence-corrected chi connectivity index (χ3v) is 5.24. The summed E-state index contributed by atoms with van der Waals surface area (Å²) in [6.07, 6.45) is 2.28. The van der Waals surface area contributed by atoms with Gasteiger partial charge >= 0.3 is 0 Å². The van der Waals surface area contributed by atoms with E-state index < -0.39 is 10.0 Å². The molecule has 0 aliphatic carbocycles. The molecular weight excluding hydrogens is 352 g/mol. The molecule has 0 atom stereocenters. The van der Waals surface area contributed by atoms with Crippen LogP contribution < -0.4 is 15.4 Å². The lowest BCUT2D eigenvalue weighted by Crippen LogP contribution is -2.37. The molecule has 8 heteroatoms. The lowest BCUT2D eigenvalue weighted by molar-refractivity contribution is 0.204. The average molecular weight is 385 g/mol. The Balaban J connectivity index is 2.48. The predicted molar refractivity (Wildman–Crippen MR) is 106 cm³/mol. The van der Waals surface area contributed by atoms with Crippen molar-refractivity contribution in [2.45, 2.75) is 38.1 Å². The number of hydrogen-bond acceptors (Lipinski definition) is 4. The topological polar surface area (TPSA) is 91.8 Å². The number of guanidine groups is 1. The highest BCUT2D eigenvalue weighted by molar-refractivity contribution is 7.89. The normalized spacial score (nSPS) is 12.4. The van der Waals surface area contributed by atoms with E-state index in [0.29, 0.717) is 19.1 Å². The molecule has 0 unspecified atom stereocenters. The maximum Gasteiger partial charge on any atom is 0.240 e. The standard InChI is InChI=1S/C18H32N4O3S/c1-15(2)6-5-11-20-18(19-3)21-14-16-7-9-17(10-8-16)26(23,24)22-12-13-25-4/h7-10,15,22H,5-6,11-14H2,1-4H3,(H2,19,20,21). The van der Waals surface area contributed by atoms with Gasteiger partial charge in [0, 0.05) is 33.8 Å². The Hall–Kier alpha value is -1.64. The second-order valence-corrected chi connectivity index (χ2v) is 8.19. The maximum absolute atomic E-state index is 12.1. The van der Waals surface area contributed by atoms with Gasteiger partial charge in [0.2, 0.25) is 10.0 Å². The Morgan fingerprint density at radius 2 is 1.85 bits per heavy atom. The summed E-state index contributed by atoms with van der Waals surface area (Å²) in [6, 6.07) is 6.80. The van der Waals surface area contributed by atoms with E-state index in [9.17, 15) is 8.42 Å². The number of hydrogen-bond donors (Lipinski definition) is 3. The number of sulfonamides is 1. The highest BCUT2D eigenvalue weighted by atomic mass is 32.2. The highest BCUT2D eigenvalue weighted by Crippen LogP contribution is 2.10. The molecule has 0 spiro atoms. The molecule has 0 saturated carbocycles. The van der Waals surface area contributed by atoms with Gasteiger partial charge in [-0.05, 0) is 36.5 Å². The minimum atomic E-state index is -3.49. The van der Waals surface area contributed by atoms with Crippen molar-refractivity contribution in [1.82, 2.24) is 15.4 Å². The lowest BCUT2D eigenvalue weighted by Gasteiger charge is -2.13. The summed E-state index contributed by atoms with van der Waals surface area (Å²) >= 11 is 0. The minimum absolute atomic E-state index is 0.244. The summed E-state index contributed by atoms with van der Waals surface area (Å²) < 4.78 is 31.6. The summed E-state index contributed by atoms with van der Waals surface area (Å²) in [5.74, 6) is 1.44. The van der Waals surface area contributed by atoms with E-state index >= 15 is 0 Å². The van der Waals surface area contributed by atoms with Crippen molar-refractivity contribution in [3.8, 4) is 0 Å². The number of benzene rings is 1. The summed E-state index contributed by atoms with van der Waals surface area (Å²) in [5.41, 5.74) is 0.978. The second kappa shape index (κ2) is 11.9. The van der Waals surface area contributed by atoms with E-state index in [1.807, 2.05) is 0 Å². The fourth-order valence-corrected chi connectivity index (χ4v) is 3.28. The summed E-state index contributed by atoms with van der Waals surface area (Å²) in [7, 11) is -0.228. The first-order valence-corrected chi connectivity index (χ1v) is 10.4. The van der Waals surface area contributed by atoms with Crippen LogP contribution in [-0.4, -0.2) is 48.2 Å². The Kier molecular flexibility index (Phi) is 10.2. The van der Waals surface area contributed by atoms with Gasteiger partial charge in [-0.1, -0.05) is 26.0 Å². The molecule has 26 heavy (non-hydrogen) atoms. The second-order valence-electron chi connectivity index (χ2n) is 6.42. The number of nitrogens with zero attached hydrogens (tertiary/aromatic N) is 1. The number of ether oxygens (including phenoxy) is 1. The number of rotatable bonds is 11. The number of nitrogens with one attached hydrogen (secondary N) is 3. The van der Waals surface area contributed by atoms with Gasteiger partial charge < -0.3 is 15.4 Å². The Labute approximate surface area is 157 Å². The van der Waals surface area contributed by atoms with Crippen LogP contribution in [0, 0.1) is 5.92 Å². The third kappa shape index (κ3) is 8.64. The zero-order valence-electron chi connectivity index (χ0n) is 16.2. The molecule has 0 saturated heterocycles. The van der Waals surface area contributed by atoms with E-state index in [1.165, 1.54) is 13.5 Å². The summed E-state index contributed by atoms with van der Waals surface area (Å²) in [5, 5.41) is 6.51. The largest absolute Gasteiger partial charge is 0.383 e. The van der Waals surface area contributed by atoms with Crippen LogP contribution in [0.2, 0.25) is 0 Å². The molecular formula is C18H32N4O3S. The molecule has 0 fully saturated rings. The van der Waals surface area contributed by atoms with Crippen molar-refractivity contribution >= 4 is 16.0 Å². The van der Waals surface area contributed by atoms with Crippen LogP contribution in [0.4, 0.5) is 0 Å². The Morgan fingerprint density at radius 3 is 2.42 bits per heavy atom. The third-order valence-electron chi connectivity index (χ3n) is 3.77. The van der Waals surface area contributed by atoms with Gasteiger partial charge in [-0.15, -0.1) is 0 Å². The average Bonchev–Trinajstić information content (AvgIpc) is 2.61. The van der Waals surface area contributed by atoms with E-state index in [4.69, 9.17) is 4.74 Å². The molecule has 0 amide bonds. The van der Waals surface area contributed by atoms with Crippen LogP contribution in [0.1, 0.15) is 32.3 Å². The highest BCUT2D eigenvalue weighted by Gasteiger charge is 2.12. The fraction of sp³-hybridized carbons (Fsp3) is 0.611. The van der Waals surface area contributed by atoms with E-state index in [2.05, 4.69) is 34.2 Å². The monoisotopic (exact) mass is 384 g/mol. The van der Waals surface area contributed by atoms with Crippen LogP contribution in [0.25, 0.3) is 0 Å². The first kappa shape index (κ1) is 22.4. The van der Waals surface area contributed by atoms with Crippen molar-refractivity contribution in [3.63, 3.8) is 0 Å². The van der Waals surface area contributed by atoms with Crippen molar-refractivity contribution in [3.05, 3.63) is 29.8 Å². The molecule has 1 rings (SSSR count). The Bertz CT molecular complexity index is 643. The van der Waals surface area contributed by atoms with Gasteiger partial charge in [0.1, 0.15) is 0 Å². The van der Waals surface area contributed by atoms with Crippen LogP contribution >= 0.6 is 0 Å². The van der Waals surface area contributed by atoms with E-state index in [1.54, 1.807) is 31.3 Å². The maximum atomic E-state index is 12.1. The molecule has 0 aromatic heterocycles. The zero-order valence-corrected chi connectivity index (χ0v) is 17.0. The number of methoxy groups -OCH3 is 1. The molecule has 7 nitrogen and oxygen atoms in total. The van der Waals surface area contributed by atoms with Gasteiger partial charge in [-0.3, -0.25) is 4.99 Å². The van der Waals surface area contributed by atoms with Gasteiger partial charge in [-0.25, -0.2) is 13.1 Å². The number of aliphatic imine (C=N–C) groups is 1. The van der Waals surface area contributed by atoms with Crippen LogP contribution in [-0.2, 0) is 21.3 Å². The first-order chi connectivity index (χ1) is 12.4. The van der Waals surface area contributed by atoms with E-state index in [0.717, 1.165) is 24.5 Å². The van der Waals surface area contributed by atoms with Gasteiger partial charge in [0.15, 0.2) is 5.96 Å². The molecule has 3 N–H and O–H groups in total. The molecule has 1 aromatic rings. The fourth-order valence-electron chi connectivity index (χ4n) is 2.27. The van der Waals surface area contributed by atoms with Crippen LogP contribution in [0.3, 0.4) is 0 Å². The quantitative estimate of drug-likeness (QED) is 0.307. The minimum Gasteiger partial charge on any atom is -0.383 e. The molecule has 0 aliphatic heterocycles. The van der Waals surface area contributed by atoms with Crippen molar-refractivity contribution in [2.24, 2.45) is 10.9 Å². The SMILES string of the molecule is CN=C(NCCCC(C)C)NCc1ccc(S(=O)(=O)NCCOC)cc1. The van der Waals surface area contributed by atoms with E-state index in [-0.39, 0.29) is 11.4 Å². The molecule has 0 radical (unpaired) electrons.